The summed E-state index contributed by atoms with van der Waals surface area (Å²) >= 11 is 6.07. The number of benzene rings is 2. The number of hydrogen-bond donors (Lipinski definition) is 2. The smallest absolute Gasteiger partial charge is 0.342 e. The van der Waals surface area contributed by atoms with Gasteiger partial charge in [0.05, 0.1) is 5.02 Å². The number of aromatic hydroxyl groups is 1. The van der Waals surface area contributed by atoms with Gasteiger partial charge >= 0.3 is 11.9 Å². The monoisotopic (exact) mass is 437 g/mol. The van der Waals surface area contributed by atoms with Gasteiger partial charge in [0.1, 0.15) is 22.7 Å². The number of anilines is 1. The summed E-state index contributed by atoms with van der Waals surface area (Å²) in [4.78, 5) is 24.2. The van der Waals surface area contributed by atoms with E-state index in [1.54, 1.807) is 26.8 Å². The fourth-order valence-electron chi connectivity index (χ4n) is 2.57. The summed E-state index contributed by atoms with van der Waals surface area (Å²) < 4.78 is 24.4. The van der Waals surface area contributed by atoms with Gasteiger partial charge in [0.15, 0.2) is 5.75 Å². The molecule has 2 aromatic rings. The Morgan fingerprint density at radius 2 is 1.90 bits per heavy atom. The Labute approximate surface area is 180 Å². The standard InChI is InChI=1S/C22H25ClFNO5/c1-5-6-19(27)29-20-13(9-14(24)10-17(20)23)12-25-15-7-8-18(26)16(11-15)21(28)30-22(2,3)4/h7-11,25-26H,5-6,12H2,1-4H3. The van der Waals surface area contributed by atoms with Crippen LogP contribution in [0.5, 0.6) is 11.5 Å². The molecular weight excluding hydrogens is 413 g/mol. The number of phenols is 1. The number of carbonyl (C=O) groups excluding carboxylic acids is 2. The largest absolute Gasteiger partial charge is 0.507 e. The summed E-state index contributed by atoms with van der Waals surface area (Å²) in [5.74, 6) is -1.86. The van der Waals surface area contributed by atoms with Gasteiger partial charge in [0.2, 0.25) is 0 Å². The van der Waals surface area contributed by atoms with Crippen LogP contribution in [0, 0.1) is 5.82 Å². The topological polar surface area (TPSA) is 84.9 Å². The van der Waals surface area contributed by atoms with Crippen molar-refractivity contribution in [3.05, 3.63) is 52.3 Å². The molecule has 0 saturated carbocycles. The predicted octanol–water partition coefficient (Wildman–Crippen LogP) is 5.46. The quantitative estimate of drug-likeness (QED) is 0.340. The highest BCUT2D eigenvalue weighted by atomic mass is 35.5. The summed E-state index contributed by atoms with van der Waals surface area (Å²) in [5.41, 5.74) is 0.0701. The number of rotatable bonds is 7. The van der Waals surface area contributed by atoms with E-state index in [-0.39, 0.29) is 35.1 Å². The molecule has 0 amide bonds. The number of hydrogen-bond acceptors (Lipinski definition) is 6. The number of ether oxygens (including phenoxy) is 2. The Balaban J connectivity index is 2.24. The Bertz CT molecular complexity index is 940. The molecule has 0 bridgehead atoms. The van der Waals surface area contributed by atoms with E-state index in [1.807, 2.05) is 6.92 Å². The number of nitrogens with one attached hydrogen (secondary N) is 1. The minimum Gasteiger partial charge on any atom is -0.507 e. The molecule has 30 heavy (non-hydrogen) atoms. The van der Waals surface area contributed by atoms with Crippen LogP contribution in [0.4, 0.5) is 10.1 Å². The molecule has 0 aromatic heterocycles. The molecule has 0 atom stereocenters. The van der Waals surface area contributed by atoms with Crippen LogP contribution in [0.15, 0.2) is 30.3 Å². The third-order valence-electron chi connectivity index (χ3n) is 3.85. The summed E-state index contributed by atoms with van der Waals surface area (Å²) in [6, 6.07) is 6.60. The van der Waals surface area contributed by atoms with Crippen molar-refractivity contribution in [2.75, 3.05) is 5.32 Å². The van der Waals surface area contributed by atoms with E-state index in [0.717, 1.165) is 6.07 Å². The van der Waals surface area contributed by atoms with Crippen LogP contribution in [-0.4, -0.2) is 22.6 Å². The highest BCUT2D eigenvalue weighted by molar-refractivity contribution is 6.32. The van der Waals surface area contributed by atoms with E-state index in [0.29, 0.717) is 17.7 Å². The molecule has 8 heteroatoms. The maximum absolute atomic E-state index is 13.9. The van der Waals surface area contributed by atoms with Gasteiger partial charge < -0.3 is 19.9 Å². The molecule has 0 unspecified atom stereocenters. The second kappa shape index (κ2) is 9.80. The SMILES string of the molecule is CCCC(=O)Oc1c(Cl)cc(F)cc1CNc1ccc(O)c(C(=O)OC(C)(C)C)c1. The van der Waals surface area contributed by atoms with Crippen LogP contribution >= 0.6 is 11.6 Å². The van der Waals surface area contributed by atoms with Gasteiger partial charge in [-0.2, -0.15) is 0 Å². The maximum Gasteiger partial charge on any atom is 0.342 e. The fourth-order valence-corrected chi connectivity index (χ4v) is 2.83. The van der Waals surface area contributed by atoms with Crippen molar-refractivity contribution >= 4 is 29.2 Å². The number of halogens is 2. The van der Waals surface area contributed by atoms with Crippen LogP contribution in [0.1, 0.15) is 56.5 Å². The molecule has 2 rings (SSSR count). The van der Waals surface area contributed by atoms with Crippen LogP contribution < -0.4 is 10.1 Å². The van der Waals surface area contributed by atoms with Crippen LogP contribution in [0.3, 0.4) is 0 Å². The normalized spacial score (nSPS) is 11.1. The van der Waals surface area contributed by atoms with Crippen LogP contribution in [0.2, 0.25) is 5.02 Å². The summed E-state index contributed by atoms with van der Waals surface area (Å²) in [6.07, 6.45) is 0.809. The van der Waals surface area contributed by atoms with Crippen molar-refractivity contribution < 1.29 is 28.6 Å². The molecule has 0 spiro atoms. The minimum absolute atomic E-state index is 0.0122. The molecule has 0 heterocycles. The van der Waals surface area contributed by atoms with Crippen molar-refractivity contribution in [3.8, 4) is 11.5 Å². The lowest BCUT2D eigenvalue weighted by molar-refractivity contribution is -0.134. The highest BCUT2D eigenvalue weighted by Gasteiger charge is 2.21. The minimum atomic E-state index is -0.720. The van der Waals surface area contributed by atoms with Crippen molar-refractivity contribution in [2.45, 2.75) is 52.7 Å². The Kier molecular flexibility index (Phi) is 7.67. The first-order valence-electron chi connectivity index (χ1n) is 9.49. The first kappa shape index (κ1) is 23.5. The lowest BCUT2D eigenvalue weighted by Crippen LogP contribution is -2.24. The van der Waals surface area contributed by atoms with Crippen LogP contribution in [-0.2, 0) is 16.1 Å². The van der Waals surface area contributed by atoms with Crippen molar-refractivity contribution in [2.24, 2.45) is 0 Å². The van der Waals surface area contributed by atoms with Gasteiger partial charge in [-0.05, 0) is 57.5 Å². The van der Waals surface area contributed by atoms with Gasteiger partial charge in [-0.1, -0.05) is 18.5 Å². The van der Waals surface area contributed by atoms with E-state index in [1.165, 1.54) is 18.2 Å². The zero-order chi connectivity index (χ0) is 22.5. The third kappa shape index (κ3) is 6.62. The van der Waals surface area contributed by atoms with Gasteiger partial charge in [0.25, 0.3) is 0 Å². The Hall–Kier alpha value is -2.80. The molecule has 0 aliphatic carbocycles. The number of carbonyl (C=O) groups is 2. The van der Waals surface area contributed by atoms with Crippen molar-refractivity contribution in [1.29, 1.82) is 0 Å². The van der Waals surface area contributed by atoms with E-state index >= 15 is 0 Å². The van der Waals surface area contributed by atoms with Crippen molar-refractivity contribution in [1.82, 2.24) is 0 Å². The Morgan fingerprint density at radius 1 is 1.20 bits per heavy atom. The molecular formula is C22H25ClFNO5. The molecule has 0 aliphatic rings. The first-order chi connectivity index (χ1) is 14.0. The molecule has 6 nitrogen and oxygen atoms in total. The average molecular weight is 438 g/mol. The first-order valence-corrected chi connectivity index (χ1v) is 9.86. The van der Waals surface area contributed by atoms with Crippen molar-refractivity contribution in [3.63, 3.8) is 0 Å². The zero-order valence-corrected chi connectivity index (χ0v) is 18.1. The average Bonchev–Trinajstić information content (AvgIpc) is 2.62. The summed E-state index contributed by atoms with van der Waals surface area (Å²) in [5, 5.41) is 13.0. The highest BCUT2D eigenvalue weighted by Crippen LogP contribution is 2.32. The number of phenolic OH excluding ortho intramolecular Hbond substituents is 1. The molecule has 0 fully saturated rings. The van der Waals surface area contributed by atoms with Gasteiger partial charge in [-0.25, -0.2) is 9.18 Å². The van der Waals surface area contributed by atoms with E-state index in [2.05, 4.69) is 5.32 Å². The molecule has 2 N–H and O–H groups in total. The molecule has 0 aliphatic heterocycles. The second-order valence-electron chi connectivity index (χ2n) is 7.69. The fraction of sp³-hybridized carbons (Fsp3) is 0.364. The second-order valence-corrected chi connectivity index (χ2v) is 8.09. The molecule has 0 saturated heterocycles. The maximum atomic E-state index is 13.9. The third-order valence-corrected chi connectivity index (χ3v) is 4.13. The molecule has 2 aromatic carbocycles. The summed E-state index contributed by atoms with van der Waals surface area (Å²) in [6.45, 7) is 7.06. The van der Waals surface area contributed by atoms with Gasteiger partial charge in [0, 0.05) is 24.2 Å². The molecule has 0 radical (unpaired) electrons. The lowest BCUT2D eigenvalue weighted by Gasteiger charge is -2.20. The molecule has 162 valence electrons. The zero-order valence-electron chi connectivity index (χ0n) is 17.3. The van der Waals surface area contributed by atoms with E-state index < -0.39 is 23.4 Å². The summed E-state index contributed by atoms with van der Waals surface area (Å²) in [7, 11) is 0. The van der Waals surface area contributed by atoms with Gasteiger partial charge in [-0.3, -0.25) is 4.79 Å². The van der Waals surface area contributed by atoms with Gasteiger partial charge in [-0.15, -0.1) is 0 Å². The van der Waals surface area contributed by atoms with E-state index in [4.69, 9.17) is 21.1 Å². The van der Waals surface area contributed by atoms with E-state index in [9.17, 15) is 19.1 Å². The lowest BCUT2D eigenvalue weighted by atomic mass is 10.1. The predicted molar refractivity (Wildman–Crippen MR) is 113 cm³/mol. The van der Waals surface area contributed by atoms with Crippen LogP contribution in [0.25, 0.3) is 0 Å². The number of esters is 2. The Morgan fingerprint density at radius 3 is 2.53 bits per heavy atom.